The number of benzene rings is 1. The fourth-order valence-electron chi connectivity index (χ4n) is 2.94. The number of aryl methyl sites for hydroxylation is 1. The predicted octanol–water partition coefficient (Wildman–Crippen LogP) is 2.41. The molecule has 1 aromatic heterocycles. The quantitative estimate of drug-likeness (QED) is 0.926. The lowest BCUT2D eigenvalue weighted by molar-refractivity contribution is 0.318. The van der Waals surface area contributed by atoms with Crippen LogP contribution in [0.25, 0.3) is 0 Å². The third-order valence-corrected chi connectivity index (χ3v) is 3.84. The van der Waals surface area contributed by atoms with E-state index in [-0.39, 0.29) is 0 Å². The lowest BCUT2D eigenvalue weighted by Gasteiger charge is -2.23. The van der Waals surface area contributed by atoms with Crippen LogP contribution in [0.2, 0.25) is 0 Å². The molecule has 0 radical (unpaired) electrons. The van der Waals surface area contributed by atoms with Gasteiger partial charge in [-0.05, 0) is 37.1 Å². The van der Waals surface area contributed by atoms with Crippen molar-refractivity contribution in [2.45, 2.75) is 25.9 Å². The molecule has 4 heteroatoms. The van der Waals surface area contributed by atoms with Gasteiger partial charge in [0.2, 0.25) is 0 Å². The molecule has 0 amide bonds. The van der Waals surface area contributed by atoms with Gasteiger partial charge in [-0.25, -0.2) is 0 Å². The summed E-state index contributed by atoms with van der Waals surface area (Å²) in [5.41, 5.74) is 5.53. The zero-order chi connectivity index (χ0) is 13.9. The Morgan fingerprint density at radius 2 is 2.25 bits per heavy atom. The first-order chi connectivity index (χ1) is 9.72. The highest BCUT2D eigenvalue weighted by molar-refractivity contribution is 5.56. The van der Waals surface area contributed by atoms with Crippen molar-refractivity contribution in [1.82, 2.24) is 14.7 Å². The summed E-state index contributed by atoms with van der Waals surface area (Å²) >= 11 is 0. The number of anilines is 1. The molecule has 0 saturated heterocycles. The number of aromatic nitrogens is 2. The van der Waals surface area contributed by atoms with Crippen molar-refractivity contribution in [3.8, 4) is 0 Å². The molecule has 1 aliphatic rings. The highest BCUT2D eigenvalue weighted by atomic mass is 15.2. The molecule has 2 heterocycles. The normalized spacial score (nSPS) is 14.2. The van der Waals surface area contributed by atoms with E-state index in [4.69, 9.17) is 0 Å². The summed E-state index contributed by atoms with van der Waals surface area (Å²) in [5.74, 6) is 0. The maximum atomic E-state index is 4.23. The molecular weight excluding hydrogens is 248 g/mol. The molecule has 20 heavy (non-hydrogen) atoms. The van der Waals surface area contributed by atoms with Gasteiger partial charge in [-0.1, -0.05) is 12.1 Å². The largest absolute Gasteiger partial charge is 0.385 e. The van der Waals surface area contributed by atoms with Gasteiger partial charge in [0.25, 0.3) is 0 Å². The molecule has 0 unspecified atom stereocenters. The average molecular weight is 270 g/mol. The van der Waals surface area contributed by atoms with E-state index in [1.165, 1.54) is 35.2 Å². The first kappa shape index (κ1) is 13.2. The summed E-state index contributed by atoms with van der Waals surface area (Å²) in [5, 5.41) is 7.72. The number of hydrogen-bond acceptors (Lipinski definition) is 3. The van der Waals surface area contributed by atoms with Gasteiger partial charge in [-0.15, -0.1) is 0 Å². The fraction of sp³-hybridized carbons (Fsp3) is 0.438. The van der Waals surface area contributed by atoms with Crippen molar-refractivity contribution >= 4 is 5.69 Å². The standard InChI is InChI=1S/C16H22N4/c1-19(10-13-9-18-20(2)11-13)12-14-5-3-7-16-15(14)6-4-8-17-16/h3,5,7,9,11,17H,4,6,8,10,12H2,1-2H3. The SMILES string of the molecule is CN(Cc1cnn(C)c1)Cc1cccc2c1CCCN2. The maximum Gasteiger partial charge on any atom is 0.0534 e. The van der Waals surface area contributed by atoms with Crippen LogP contribution >= 0.6 is 0 Å². The molecule has 1 aliphatic heterocycles. The molecule has 4 nitrogen and oxygen atoms in total. The van der Waals surface area contributed by atoms with Crippen LogP contribution in [0.5, 0.6) is 0 Å². The zero-order valence-electron chi connectivity index (χ0n) is 12.3. The van der Waals surface area contributed by atoms with Gasteiger partial charge < -0.3 is 5.32 Å². The summed E-state index contributed by atoms with van der Waals surface area (Å²) in [6.45, 7) is 3.02. The number of nitrogens with zero attached hydrogens (tertiary/aromatic N) is 3. The lowest BCUT2D eigenvalue weighted by Crippen LogP contribution is -2.20. The van der Waals surface area contributed by atoms with E-state index < -0.39 is 0 Å². The highest BCUT2D eigenvalue weighted by Gasteiger charge is 2.13. The molecule has 0 fully saturated rings. The highest BCUT2D eigenvalue weighted by Crippen LogP contribution is 2.26. The van der Waals surface area contributed by atoms with E-state index in [0.29, 0.717) is 0 Å². The Labute approximate surface area is 120 Å². The lowest BCUT2D eigenvalue weighted by atomic mass is 9.97. The van der Waals surface area contributed by atoms with Crippen LogP contribution in [0.1, 0.15) is 23.1 Å². The number of nitrogens with one attached hydrogen (secondary N) is 1. The second-order valence-corrected chi connectivity index (χ2v) is 5.67. The zero-order valence-corrected chi connectivity index (χ0v) is 12.3. The minimum Gasteiger partial charge on any atom is -0.385 e. The van der Waals surface area contributed by atoms with Gasteiger partial charge in [0, 0.05) is 44.1 Å². The molecular formula is C16H22N4. The molecule has 0 aliphatic carbocycles. The van der Waals surface area contributed by atoms with E-state index >= 15 is 0 Å². The van der Waals surface area contributed by atoms with Gasteiger partial charge in [-0.3, -0.25) is 9.58 Å². The van der Waals surface area contributed by atoms with Gasteiger partial charge in [0.1, 0.15) is 0 Å². The second kappa shape index (κ2) is 5.67. The van der Waals surface area contributed by atoms with E-state index in [2.05, 4.69) is 46.8 Å². The summed E-state index contributed by atoms with van der Waals surface area (Å²) in [4.78, 5) is 2.35. The van der Waals surface area contributed by atoms with Crippen LogP contribution in [-0.4, -0.2) is 28.3 Å². The van der Waals surface area contributed by atoms with Crippen LogP contribution in [-0.2, 0) is 26.6 Å². The van der Waals surface area contributed by atoms with Crippen molar-refractivity contribution in [3.05, 3.63) is 47.3 Å². The van der Waals surface area contributed by atoms with Gasteiger partial charge in [0.15, 0.2) is 0 Å². The fourth-order valence-corrected chi connectivity index (χ4v) is 2.94. The Morgan fingerprint density at radius 3 is 3.05 bits per heavy atom. The molecule has 1 aromatic carbocycles. The van der Waals surface area contributed by atoms with Gasteiger partial charge >= 0.3 is 0 Å². The molecule has 0 atom stereocenters. The Kier molecular flexibility index (Phi) is 3.74. The van der Waals surface area contributed by atoms with Crippen LogP contribution in [0.3, 0.4) is 0 Å². The summed E-state index contributed by atoms with van der Waals surface area (Å²) in [6, 6.07) is 6.61. The van der Waals surface area contributed by atoms with E-state index in [1.807, 2.05) is 17.9 Å². The third-order valence-electron chi connectivity index (χ3n) is 3.84. The van der Waals surface area contributed by atoms with Crippen molar-refractivity contribution in [2.75, 3.05) is 18.9 Å². The number of fused-ring (bicyclic) bond motifs is 1. The molecule has 1 N–H and O–H groups in total. The van der Waals surface area contributed by atoms with Crippen molar-refractivity contribution < 1.29 is 0 Å². The van der Waals surface area contributed by atoms with Crippen LogP contribution in [0.4, 0.5) is 5.69 Å². The maximum absolute atomic E-state index is 4.23. The van der Waals surface area contributed by atoms with Crippen molar-refractivity contribution in [1.29, 1.82) is 0 Å². The van der Waals surface area contributed by atoms with Crippen molar-refractivity contribution in [3.63, 3.8) is 0 Å². The molecule has 106 valence electrons. The molecule has 3 rings (SSSR count). The predicted molar refractivity (Wildman–Crippen MR) is 81.6 cm³/mol. The van der Waals surface area contributed by atoms with E-state index in [0.717, 1.165) is 19.6 Å². The first-order valence-electron chi connectivity index (χ1n) is 7.23. The summed E-state index contributed by atoms with van der Waals surface area (Å²) in [7, 11) is 4.13. The molecule has 0 saturated carbocycles. The number of hydrogen-bond donors (Lipinski definition) is 1. The van der Waals surface area contributed by atoms with Crippen LogP contribution < -0.4 is 5.32 Å². The van der Waals surface area contributed by atoms with E-state index in [9.17, 15) is 0 Å². The first-order valence-corrected chi connectivity index (χ1v) is 7.23. The minimum absolute atomic E-state index is 0.935. The Hall–Kier alpha value is -1.81. The molecule has 0 spiro atoms. The van der Waals surface area contributed by atoms with Crippen LogP contribution in [0.15, 0.2) is 30.6 Å². The van der Waals surface area contributed by atoms with E-state index in [1.54, 1.807) is 0 Å². The average Bonchev–Trinajstić information content (AvgIpc) is 2.84. The monoisotopic (exact) mass is 270 g/mol. The molecule has 0 bridgehead atoms. The number of rotatable bonds is 4. The summed E-state index contributed by atoms with van der Waals surface area (Å²) < 4.78 is 1.86. The van der Waals surface area contributed by atoms with Gasteiger partial charge in [-0.2, -0.15) is 5.10 Å². The smallest absolute Gasteiger partial charge is 0.0534 e. The Bertz CT molecular complexity index is 588. The Morgan fingerprint density at radius 1 is 1.35 bits per heavy atom. The van der Waals surface area contributed by atoms with Crippen molar-refractivity contribution in [2.24, 2.45) is 7.05 Å². The third kappa shape index (κ3) is 2.85. The Balaban J connectivity index is 1.71. The summed E-state index contributed by atoms with van der Waals surface area (Å²) in [6.07, 6.45) is 6.45. The van der Waals surface area contributed by atoms with Gasteiger partial charge in [0.05, 0.1) is 6.20 Å². The second-order valence-electron chi connectivity index (χ2n) is 5.67. The topological polar surface area (TPSA) is 33.1 Å². The minimum atomic E-state index is 0.935. The molecule has 2 aromatic rings. The van der Waals surface area contributed by atoms with Crippen LogP contribution in [0, 0.1) is 0 Å².